The number of aryl methyl sites for hydroxylation is 1. The van der Waals surface area contributed by atoms with Gasteiger partial charge in [0.15, 0.2) is 0 Å². The lowest BCUT2D eigenvalue weighted by Gasteiger charge is -2.23. The highest BCUT2D eigenvalue weighted by molar-refractivity contribution is 5.15. The number of hydrogen-bond acceptors (Lipinski definition) is 4. The molecule has 1 unspecified atom stereocenters. The molecule has 0 aromatic carbocycles. The second-order valence-electron chi connectivity index (χ2n) is 6.10. The molecule has 4 N–H and O–H groups in total. The first kappa shape index (κ1) is 12.2. The molecule has 5 nitrogen and oxygen atoms in total. The van der Waals surface area contributed by atoms with Crippen molar-refractivity contribution in [2.75, 3.05) is 13.2 Å². The summed E-state index contributed by atoms with van der Waals surface area (Å²) < 4.78 is 38.8. The summed E-state index contributed by atoms with van der Waals surface area (Å²) in [6.07, 6.45) is -1.53. The Labute approximate surface area is 134 Å². The lowest BCUT2D eigenvalue weighted by Crippen LogP contribution is -2.23. The predicted molar refractivity (Wildman–Crippen MR) is 85.7 cm³/mol. The number of nitrogens with two attached hydrogens (primary N) is 1. The molecule has 0 bridgehead atoms. The van der Waals surface area contributed by atoms with Crippen LogP contribution in [0.4, 0.5) is 0 Å². The molecule has 1 atom stereocenters. The summed E-state index contributed by atoms with van der Waals surface area (Å²) >= 11 is 0. The van der Waals surface area contributed by atoms with E-state index in [-0.39, 0.29) is 28.0 Å². The molecule has 0 aliphatic carbocycles. The molecule has 1 heterocycles. The number of nitrogens with zero attached hydrogens (tertiary/aromatic N) is 1. The second kappa shape index (κ2) is 8.85. The molecule has 21 heavy (non-hydrogen) atoms. The Kier molecular flexibility index (Phi) is 5.16. The highest BCUT2D eigenvalue weighted by Crippen LogP contribution is 2.26. The van der Waals surface area contributed by atoms with Crippen LogP contribution in [-0.2, 0) is 6.37 Å². The molecule has 5 heteroatoms. The van der Waals surface area contributed by atoms with Gasteiger partial charge in [-0.2, -0.15) is 4.73 Å². The van der Waals surface area contributed by atoms with Crippen molar-refractivity contribution in [1.29, 1.82) is 0 Å². The molecular formula is C16H30N2O3. The molecule has 0 saturated heterocycles. The van der Waals surface area contributed by atoms with Gasteiger partial charge in [-0.05, 0) is 42.6 Å². The Morgan fingerprint density at radius 2 is 2.05 bits per heavy atom. The summed E-state index contributed by atoms with van der Waals surface area (Å²) in [5.74, 6) is -0.517. The molecule has 0 saturated carbocycles. The van der Waals surface area contributed by atoms with Crippen LogP contribution >= 0.6 is 0 Å². The zero-order valence-corrected chi connectivity index (χ0v) is 13.2. The molecule has 1 aromatic rings. The first-order valence-corrected chi connectivity index (χ1v) is 6.86. The average Bonchev–Trinajstić information content (AvgIpc) is 2.47. The van der Waals surface area contributed by atoms with E-state index in [1.807, 2.05) is 20.8 Å². The van der Waals surface area contributed by atoms with Crippen molar-refractivity contribution in [3.63, 3.8) is 0 Å². The number of pyridine rings is 1. The normalized spacial score (nSPS) is 17.3. The monoisotopic (exact) mass is 303 g/mol. The molecule has 1 aromatic heterocycles. The van der Waals surface area contributed by atoms with E-state index in [1.165, 1.54) is 0 Å². The number of hydrogen-bond donors (Lipinski definition) is 3. The highest BCUT2D eigenvalue weighted by Gasteiger charge is 2.17. The Balaban J connectivity index is 0.00000141. The van der Waals surface area contributed by atoms with Crippen LogP contribution in [0.15, 0.2) is 16.9 Å². The standard InChI is InChI=1S/C14H23NO2.C2H7NO/c1-10-6-12(15(17)13(16)8-10)7-11(2)9-14(3,4)5;3-1-2-4/h6,8,11,17H,7,9H2,1-5H3;4H,1-3H2/i1D3,7D2;. The van der Waals surface area contributed by atoms with Crippen LogP contribution in [0.3, 0.4) is 0 Å². The summed E-state index contributed by atoms with van der Waals surface area (Å²) in [4.78, 5) is 11.8. The van der Waals surface area contributed by atoms with Gasteiger partial charge in [-0.3, -0.25) is 4.79 Å². The van der Waals surface area contributed by atoms with Gasteiger partial charge in [-0.15, -0.1) is 0 Å². The third-order valence-electron chi connectivity index (χ3n) is 2.45. The highest BCUT2D eigenvalue weighted by atomic mass is 16.5. The minimum atomic E-state index is -2.54. The third kappa shape index (κ3) is 8.52. The van der Waals surface area contributed by atoms with Gasteiger partial charge in [0.1, 0.15) is 0 Å². The molecule has 0 aliphatic heterocycles. The summed E-state index contributed by atoms with van der Waals surface area (Å²) in [5, 5.41) is 17.6. The van der Waals surface area contributed by atoms with E-state index in [9.17, 15) is 10.0 Å². The van der Waals surface area contributed by atoms with Gasteiger partial charge < -0.3 is 16.0 Å². The molecule has 0 amide bonds. The maximum absolute atomic E-state index is 11.8. The average molecular weight is 303 g/mol. The number of aliphatic hydroxyl groups is 1. The third-order valence-corrected chi connectivity index (χ3v) is 2.45. The Morgan fingerprint density at radius 1 is 1.48 bits per heavy atom. The quantitative estimate of drug-likeness (QED) is 0.742. The molecule has 0 spiro atoms. The Bertz CT molecular complexity index is 634. The van der Waals surface area contributed by atoms with Gasteiger partial charge in [0.2, 0.25) is 0 Å². The van der Waals surface area contributed by atoms with Crippen LogP contribution in [-0.4, -0.2) is 28.2 Å². The fraction of sp³-hybridized carbons (Fsp3) is 0.688. The minimum absolute atomic E-state index is 0.0972. The van der Waals surface area contributed by atoms with Crippen LogP contribution in [0.25, 0.3) is 0 Å². The lowest BCUT2D eigenvalue weighted by atomic mass is 9.83. The molecule has 0 fully saturated rings. The van der Waals surface area contributed by atoms with E-state index in [0.717, 1.165) is 12.1 Å². The van der Waals surface area contributed by atoms with Gasteiger partial charge >= 0.3 is 0 Å². The zero-order valence-electron chi connectivity index (χ0n) is 18.2. The van der Waals surface area contributed by atoms with Crippen LogP contribution in [0.2, 0.25) is 0 Å². The molecule has 1 rings (SSSR count). The van der Waals surface area contributed by atoms with Gasteiger partial charge in [0.05, 0.1) is 12.3 Å². The van der Waals surface area contributed by atoms with Crippen LogP contribution in [0, 0.1) is 18.2 Å². The zero-order chi connectivity index (χ0) is 20.9. The SMILES string of the molecule is NCCO.[2H]C([2H])([2H])c1cc(C([2H])([2H])C(C)CC(C)(C)C)n(O)c(=O)c1. The maximum Gasteiger partial charge on any atom is 0.283 e. The van der Waals surface area contributed by atoms with Crippen molar-refractivity contribution in [3.05, 3.63) is 33.7 Å². The first-order valence-electron chi connectivity index (χ1n) is 9.36. The van der Waals surface area contributed by atoms with E-state index in [1.54, 1.807) is 6.92 Å². The van der Waals surface area contributed by atoms with E-state index in [0.29, 0.717) is 13.0 Å². The summed E-state index contributed by atoms with van der Waals surface area (Å²) in [5.41, 5.74) is 3.08. The lowest BCUT2D eigenvalue weighted by molar-refractivity contribution is 0.160. The fourth-order valence-electron chi connectivity index (χ4n) is 1.89. The van der Waals surface area contributed by atoms with Gasteiger partial charge in [0.25, 0.3) is 5.56 Å². The largest absolute Gasteiger partial charge is 0.425 e. The van der Waals surface area contributed by atoms with Crippen molar-refractivity contribution >= 4 is 0 Å². The van der Waals surface area contributed by atoms with Crippen molar-refractivity contribution in [2.45, 2.75) is 47.3 Å². The molecule has 122 valence electrons. The second-order valence-corrected chi connectivity index (χ2v) is 6.10. The van der Waals surface area contributed by atoms with E-state index in [2.05, 4.69) is 0 Å². The topological polar surface area (TPSA) is 88.5 Å². The van der Waals surface area contributed by atoms with Crippen LogP contribution < -0.4 is 11.3 Å². The first-order chi connectivity index (χ1) is 11.6. The number of aliphatic hydroxyl groups excluding tert-OH is 1. The van der Waals surface area contributed by atoms with Gasteiger partial charge in [-0.25, -0.2) is 0 Å². The summed E-state index contributed by atoms with van der Waals surface area (Å²) in [6.45, 7) is 5.50. The number of aromatic nitrogens is 1. The van der Waals surface area contributed by atoms with Crippen molar-refractivity contribution < 1.29 is 17.2 Å². The smallest absolute Gasteiger partial charge is 0.283 e. The van der Waals surface area contributed by atoms with Crippen LogP contribution in [0.5, 0.6) is 0 Å². The van der Waals surface area contributed by atoms with Crippen LogP contribution in [0.1, 0.15) is 52.2 Å². The van der Waals surface area contributed by atoms with Gasteiger partial charge in [-0.1, -0.05) is 27.7 Å². The van der Waals surface area contributed by atoms with Gasteiger partial charge in [0, 0.05) is 19.5 Å². The predicted octanol–water partition coefficient (Wildman–Crippen LogP) is 1.95. The Hall–Kier alpha value is -1.33. The van der Waals surface area contributed by atoms with E-state index >= 15 is 0 Å². The number of rotatable bonds is 4. The van der Waals surface area contributed by atoms with Crippen molar-refractivity contribution in [1.82, 2.24) is 4.73 Å². The maximum atomic E-state index is 11.8. The summed E-state index contributed by atoms with van der Waals surface area (Å²) in [6, 6.07) is 1.86. The molecular weight excluding hydrogens is 268 g/mol. The minimum Gasteiger partial charge on any atom is -0.425 e. The van der Waals surface area contributed by atoms with Crippen molar-refractivity contribution in [2.24, 2.45) is 17.1 Å². The molecule has 0 aliphatic rings. The summed E-state index contributed by atoms with van der Waals surface area (Å²) in [7, 11) is 0. The fourth-order valence-corrected chi connectivity index (χ4v) is 1.89. The van der Waals surface area contributed by atoms with E-state index < -0.39 is 24.7 Å². The Morgan fingerprint density at radius 3 is 2.48 bits per heavy atom. The van der Waals surface area contributed by atoms with E-state index in [4.69, 9.17) is 17.7 Å². The van der Waals surface area contributed by atoms with Crippen molar-refractivity contribution in [3.8, 4) is 0 Å². The molecule has 0 radical (unpaired) electrons.